The minimum atomic E-state index is -0.417. The number of aromatic nitrogens is 3. The quantitative estimate of drug-likeness (QED) is 0.147. The lowest BCUT2D eigenvalue weighted by Crippen LogP contribution is -2.25. The number of carbonyl (C=O) groups excluding carboxylic acids is 3. The van der Waals surface area contributed by atoms with E-state index in [-0.39, 0.29) is 30.7 Å². The fraction of sp³-hybridized carbons (Fsp3) is 0.344. The van der Waals surface area contributed by atoms with Gasteiger partial charge in [-0.25, -0.2) is 4.79 Å². The number of nitrogens with zero attached hydrogens (tertiary/aromatic N) is 3. The molecular weight excluding hydrogens is 631 g/mol. The zero-order chi connectivity index (χ0) is 32.6. The summed E-state index contributed by atoms with van der Waals surface area (Å²) in [6.45, 7) is 2.04. The Bertz CT molecular complexity index is 1710. The number of methoxy groups -OCH3 is 3. The van der Waals surface area contributed by atoms with Crippen molar-refractivity contribution in [3.8, 4) is 22.9 Å². The molecule has 2 amide bonds. The molecule has 46 heavy (non-hydrogen) atoms. The maximum Gasteiger partial charge on any atom is 0.341 e. The van der Waals surface area contributed by atoms with E-state index < -0.39 is 5.97 Å². The van der Waals surface area contributed by atoms with E-state index in [4.69, 9.17) is 18.9 Å². The number of aryl methyl sites for hydroxylation is 1. The number of para-hydroxylation sites is 2. The van der Waals surface area contributed by atoms with Crippen molar-refractivity contribution in [3.63, 3.8) is 0 Å². The molecule has 0 bridgehead atoms. The maximum atomic E-state index is 13.2. The predicted molar refractivity (Wildman–Crippen MR) is 175 cm³/mol. The Morgan fingerprint density at radius 3 is 2.43 bits per heavy atom. The number of rotatable bonds is 13. The highest BCUT2D eigenvalue weighted by molar-refractivity contribution is 7.99. The Balaban J connectivity index is 1.36. The van der Waals surface area contributed by atoms with Crippen LogP contribution in [0.2, 0.25) is 0 Å². The summed E-state index contributed by atoms with van der Waals surface area (Å²) in [6, 6.07) is 12.2. The van der Waals surface area contributed by atoms with Crippen LogP contribution in [0.5, 0.6) is 17.2 Å². The summed E-state index contributed by atoms with van der Waals surface area (Å²) in [7, 11) is 4.58. The van der Waals surface area contributed by atoms with Gasteiger partial charge in [-0.15, -0.1) is 21.5 Å². The van der Waals surface area contributed by atoms with Gasteiger partial charge in [0.05, 0.1) is 51.5 Å². The van der Waals surface area contributed by atoms with Gasteiger partial charge in [0.2, 0.25) is 5.91 Å². The van der Waals surface area contributed by atoms with Crippen LogP contribution in [0, 0.1) is 0 Å². The number of hydrogen-bond donors (Lipinski definition) is 2. The van der Waals surface area contributed by atoms with E-state index in [0.717, 1.165) is 36.1 Å². The van der Waals surface area contributed by atoms with Gasteiger partial charge in [0.15, 0.2) is 11.0 Å². The van der Waals surface area contributed by atoms with Crippen LogP contribution in [0.4, 0.5) is 5.00 Å². The van der Waals surface area contributed by atoms with E-state index in [1.54, 1.807) is 42.9 Å². The molecular formula is C32H35N5O7S2. The number of fused-ring (bicyclic) bond motifs is 1. The first-order valence-corrected chi connectivity index (χ1v) is 16.5. The monoisotopic (exact) mass is 665 g/mol. The molecule has 0 spiro atoms. The minimum Gasteiger partial charge on any atom is -0.497 e. The lowest BCUT2D eigenvalue weighted by atomic mass is 9.95. The number of thioether (sulfide) groups is 1. The molecule has 4 aromatic rings. The molecule has 2 aromatic heterocycles. The number of esters is 1. The van der Waals surface area contributed by atoms with Gasteiger partial charge in [-0.1, -0.05) is 23.9 Å². The van der Waals surface area contributed by atoms with Crippen molar-refractivity contribution >= 4 is 45.9 Å². The van der Waals surface area contributed by atoms with Crippen molar-refractivity contribution in [2.45, 2.75) is 44.3 Å². The lowest BCUT2D eigenvalue weighted by Gasteiger charge is -2.14. The van der Waals surface area contributed by atoms with Crippen LogP contribution >= 0.6 is 23.1 Å². The molecule has 12 nitrogen and oxygen atoms in total. The number of amides is 2. The molecule has 0 saturated carbocycles. The van der Waals surface area contributed by atoms with Crippen LogP contribution in [0.3, 0.4) is 0 Å². The number of benzene rings is 2. The van der Waals surface area contributed by atoms with E-state index in [0.29, 0.717) is 50.0 Å². The predicted octanol–water partition coefficient (Wildman–Crippen LogP) is 5.07. The molecule has 0 saturated heterocycles. The molecule has 2 heterocycles. The van der Waals surface area contributed by atoms with Gasteiger partial charge < -0.3 is 29.6 Å². The molecule has 0 radical (unpaired) electrons. The second-order valence-corrected chi connectivity index (χ2v) is 12.2. The highest BCUT2D eigenvalue weighted by Crippen LogP contribution is 2.39. The molecule has 1 aliphatic carbocycles. The largest absolute Gasteiger partial charge is 0.497 e. The Kier molecular flexibility index (Phi) is 10.8. The van der Waals surface area contributed by atoms with Crippen LogP contribution < -0.4 is 24.8 Å². The number of anilines is 1. The molecule has 0 fully saturated rings. The van der Waals surface area contributed by atoms with Crippen LogP contribution in [0.1, 0.15) is 56.7 Å². The summed E-state index contributed by atoms with van der Waals surface area (Å²) >= 11 is 2.61. The summed E-state index contributed by atoms with van der Waals surface area (Å²) in [5, 5.41) is 15.5. The third-order valence-corrected chi connectivity index (χ3v) is 9.42. The van der Waals surface area contributed by atoms with Gasteiger partial charge >= 0.3 is 5.97 Å². The van der Waals surface area contributed by atoms with Crippen molar-refractivity contribution in [1.82, 2.24) is 20.1 Å². The zero-order valence-electron chi connectivity index (χ0n) is 26.0. The van der Waals surface area contributed by atoms with Gasteiger partial charge in [-0.2, -0.15) is 0 Å². The second kappa shape index (κ2) is 15.1. The first-order valence-electron chi connectivity index (χ1n) is 14.7. The maximum absolute atomic E-state index is 13.2. The third-order valence-electron chi connectivity index (χ3n) is 7.28. The average molecular weight is 666 g/mol. The highest BCUT2D eigenvalue weighted by atomic mass is 32.2. The summed E-state index contributed by atoms with van der Waals surface area (Å²) in [5.41, 5.74) is 2.43. The van der Waals surface area contributed by atoms with Crippen LogP contribution in [0.15, 0.2) is 47.6 Å². The first kappa shape index (κ1) is 32.8. The lowest BCUT2D eigenvalue weighted by molar-refractivity contribution is -0.113. The SMILES string of the molecule is CCOC(=O)c1c(NC(=O)CSc2nnc(CNC(=O)c3cc(OC)cc(OC)c3)n2-c2ccccc2OC)sc2c1CCCC2. The van der Waals surface area contributed by atoms with Gasteiger partial charge in [0.1, 0.15) is 22.2 Å². The molecule has 0 unspecified atom stereocenters. The van der Waals surface area contributed by atoms with Gasteiger partial charge in [0.25, 0.3) is 5.91 Å². The number of nitrogens with one attached hydrogen (secondary N) is 2. The second-order valence-electron chi connectivity index (χ2n) is 10.2. The fourth-order valence-electron chi connectivity index (χ4n) is 5.13. The third kappa shape index (κ3) is 7.29. The van der Waals surface area contributed by atoms with Crippen molar-refractivity contribution in [2.75, 3.05) is 39.0 Å². The summed E-state index contributed by atoms with van der Waals surface area (Å²) in [6.07, 6.45) is 3.71. The van der Waals surface area contributed by atoms with Crippen molar-refractivity contribution in [2.24, 2.45) is 0 Å². The zero-order valence-corrected chi connectivity index (χ0v) is 27.6. The van der Waals surface area contributed by atoms with Crippen molar-refractivity contribution < 1.29 is 33.3 Å². The van der Waals surface area contributed by atoms with Crippen molar-refractivity contribution in [1.29, 1.82) is 0 Å². The van der Waals surface area contributed by atoms with E-state index in [1.165, 1.54) is 37.3 Å². The average Bonchev–Trinajstić information content (AvgIpc) is 3.66. The van der Waals surface area contributed by atoms with Crippen LogP contribution in [0.25, 0.3) is 5.69 Å². The number of ether oxygens (including phenoxy) is 4. The van der Waals surface area contributed by atoms with Gasteiger partial charge in [-0.3, -0.25) is 14.2 Å². The standard InChI is InChI=1S/C32H35N5O7S2/c1-5-44-31(40)28-22-10-6-9-13-25(22)46-30(28)34-27(38)18-45-32-36-35-26(37(32)23-11-7-8-12-24(23)43-4)17-33-29(39)19-14-20(41-2)16-21(15-19)42-3/h7-8,11-12,14-16H,5-6,9-10,13,17-18H2,1-4H3,(H,33,39)(H,34,38). The van der Waals surface area contributed by atoms with Gasteiger partial charge in [-0.05, 0) is 62.4 Å². The van der Waals surface area contributed by atoms with E-state index in [9.17, 15) is 14.4 Å². The number of thiophene rings is 1. The molecule has 1 aliphatic rings. The molecule has 2 N–H and O–H groups in total. The van der Waals surface area contributed by atoms with Crippen LogP contribution in [-0.4, -0.2) is 66.2 Å². The normalized spacial score (nSPS) is 12.2. The van der Waals surface area contributed by atoms with E-state index >= 15 is 0 Å². The molecule has 2 aromatic carbocycles. The van der Waals surface area contributed by atoms with Crippen LogP contribution in [-0.2, 0) is 28.9 Å². The van der Waals surface area contributed by atoms with E-state index in [1.807, 2.05) is 18.2 Å². The van der Waals surface area contributed by atoms with E-state index in [2.05, 4.69) is 20.8 Å². The Morgan fingerprint density at radius 1 is 0.978 bits per heavy atom. The summed E-state index contributed by atoms with van der Waals surface area (Å²) in [5.74, 6) is 0.857. The fourth-order valence-corrected chi connectivity index (χ4v) is 7.19. The molecule has 242 valence electrons. The summed E-state index contributed by atoms with van der Waals surface area (Å²) < 4.78 is 23.3. The Morgan fingerprint density at radius 2 is 1.72 bits per heavy atom. The topological polar surface area (TPSA) is 143 Å². The summed E-state index contributed by atoms with van der Waals surface area (Å²) in [4.78, 5) is 40.3. The molecule has 0 aliphatic heterocycles. The highest BCUT2D eigenvalue weighted by Gasteiger charge is 2.28. The Hall–Kier alpha value is -4.56. The molecule has 14 heteroatoms. The van der Waals surface area contributed by atoms with Gasteiger partial charge in [0, 0.05) is 16.5 Å². The minimum absolute atomic E-state index is 0.00587. The molecule has 0 atom stereocenters. The number of carbonyl (C=O) groups is 3. The Labute approximate surface area is 274 Å². The number of hydrogen-bond acceptors (Lipinski definition) is 11. The smallest absolute Gasteiger partial charge is 0.341 e. The van der Waals surface area contributed by atoms with Crippen molar-refractivity contribution in [3.05, 3.63) is 69.9 Å². The molecule has 5 rings (SSSR count). The first-order chi connectivity index (χ1) is 22.4.